The van der Waals surface area contributed by atoms with Crippen LogP contribution in [0.2, 0.25) is 0 Å². The van der Waals surface area contributed by atoms with Crippen molar-refractivity contribution in [3.63, 3.8) is 0 Å². The predicted molar refractivity (Wildman–Crippen MR) is 66.1 cm³/mol. The number of nitriles is 1. The average Bonchev–Trinajstić information content (AvgIpc) is 2.82. The highest BCUT2D eigenvalue weighted by Gasteiger charge is 2.15. The molecule has 18 heavy (non-hydrogen) atoms. The van der Waals surface area contributed by atoms with Gasteiger partial charge in [-0.2, -0.15) is 10.2 Å². The van der Waals surface area contributed by atoms with Crippen molar-refractivity contribution in [1.82, 2.24) is 15.0 Å². The monoisotopic (exact) mass is 243 g/mol. The maximum absolute atomic E-state index is 8.90. The quantitative estimate of drug-likeness (QED) is 0.833. The Balaban J connectivity index is 1.83. The third-order valence-electron chi connectivity index (χ3n) is 3.11. The molecule has 0 atom stereocenters. The fraction of sp³-hybridized carbons (Fsp3) is 0.417. The minimum atomic E-state index is 0.363. The molecule has 0 spiro atoms. The lowest BCUT2D eigenvalue weighted by atomic mass is 10.1. The van der Waals surface area contributed by atoms with E-state index in [1.54, 1.807) is 12.4 Å². The van der Waals surface area contributed by atoms with Gasteiger partial charge in [0.05, 0.1) is 10.9 Å². The van der Waals surface area contributed by atoms with E-state index in [1.165, 1.54) is 0 Å². The number of fused-ring (bicyclic) bond motifs is 1. The summed E-state index contributed by atoms with van der Waals surface area (Å²) in [6, 6.07) is 2.47. The Morgan fingerprint density at radius 1 is 1.44 bits per heavy atom. The van der Waals surface area contributed by atoms with Gasteiger partial charge in [-0.3, -0.25) is 0 Å². The van der Waals surface area contributed by atoms with Crippen molar-refractivity contribution < 1.29 is 4.74 Å². The van der Waals surface area contributed by atoms with Gasteiger partial charge in [-0.25, -0.2) is 4.98 Å². The molecule has 0 aromatic carbocycles. The molecule has 6 heteroatoms. The lowest BCUT2D eigenvalue weighted by molar-refractivity contribution is 0.0903. The van der Waals surface area contributed by atoms with E-state index in [0.29, 0.717) is 23.2 Å². The molecule has 2 aromatic rings. The molecule has 3 rings (SSSR count). The van der Waals surface area contributed by atoms with Crippen molar-refractivity contribution in [3.8, 4) is 6.07 Å². The molecule has 2 N–H and O–H groups in total. The Bertz CT molecular complexity index is 594. The molecule has 2 aromatic heterocycles. The lowest BCUT2D eigenvalue weighted by Gasteiger charge is -2.22. The summed E-state index contributed by atoms with van der Waals surface area (Å²) in [4.78, 5) is 11.6. The number of anilines is 1. The number of nitrogens with zero attached hydrogens (tertiary/aromatic N) is 3. The fourth-order valence-corrected chi connectivity index (χ4v) is 2.09. The van der Waals surface area contributed by atoms with E-state index in [9.17, 15) is 0 Å². The van der Waals surface area contributed by atoms with Crippen molar-refractivity contribution in [3.05, 3.63) is 18.0 Å². The third-order valence-corrected chi connectivity index (χ3v) is 3.11. The molecule has 1 fully saturated rings. The molecule has 1 saturated heterocycles. The van der Waals surface area contributed by atoms with Crippen LogP contribution in [-0.4, -0.2) is 34.2 Å². The summed E-state index contributed by atoms with van der Waals surface area (Å²) >= 11 is 0. The van der Waals surface area contributed by atoms with Gasteiger partial charge in [0.2, 0.25) is 5.95 Å². The van der Waals surface area contributed by atoms with Crippen LogP contribution in [0.15, 0.2) is 12.4 Å². The number of hydrogen-bond donors (Lipinski definition) is 2. The molecular weight excluding hydrogens is 230 g/mol. The SMILES string of the molecule is N#Cc1c[nH]c2nc(NC3CCOCC3)ncc12. The molecule has 92 valence electrons. The molecule has 3 heterocycles. The van der Waals surface area contributed by atoms with E-state index in [0.717, 1.165) is 31.4 Å². The van der Waals surface area contributed by atoms with Crippen molar-refractivity contribution in [2.75, 3.05) is 18.5 Å². The van der Waals surface area contributed by atoms with Crippen LogP contribution < -0.4 is 5.32 Å². The molecule has 0 aliphatic carbocycles. The number of nitrogens with one attached hydrogen (secondary N) is 2. The predicted octanol–water partition coefficient (Wildman–Crippen LogP) is 1.42. The zero-order valence-electron chi connectivity index (χ0n) is 9.81. The highest BCUT2D eigenvalue weighted by molar-refractivity contribution is 5.82. The van der Waals surface area contributed by atoms with Crippen molar-refractivity contribution in [2.24, 2.45) is 0 Å². The van der Waals surface area contributed by atoms with Gasteiger partial charge in [-0.15, -0.1) is 0 Å². The second kappa shape index (κ2) is 4.63. The number of ether oxygens (including phenoxy) is 1. The maximum atomic E-state index is 8.90. The minimum Gasteiger partial charge on any atom is -0.381 e. The van der Waals surface area contributed by atoms with Crippen molar-refractivity contribution in [1.29, 1.82) is 5.26 Å². The van der Waals surface area contributed by atoms with Crippen LogP contribution in [0.3, 0.4) is 0 Å². The van der Waals surface area contributed by atoms with Crippen molar-refractivity contribution >= 4 is 17.0 Å². The summed E-state index contributed by atoms with van der Waals surface area (Å²) < 4.78 is 5.30. The van der Waals surface area contributed by atoms with E-state index in [-0.39, 0.29) is 0 Å². The average molecular weight is 243 g/mol. The Hall–Kier alpha value is -2.13. The van der Waals surface area contributed by atoms with Crippen LogP contribution in [-0.2, 0) is 4.74 Å². The first kappa shape index (κ1) is 11.0. The van der Waals surface area contributed by atoms with Crippen LogP contribution in [0.5, 0.6) is 0 Å². The number of aromatic nitrogens is 3. The summed E-state index contributed by atoms with van der Waals surface area (Å²) in [6.45, 7) is 1.56. The smallest absolute Gasteiger partial charge is 0.224 e. The molecule has 6 nitrogen and oxygen atoms in total. The summed E-state index contributed by atoms with van der Waals surface area (Å²) in [5, 5.41) is 13.0. The molecule has 0 radical (unpaired) electrons. The number of H-pyrrole nitrogens is 1. The molecule has 0 saturated carbocycles. The maximum Gasteiger partial charge on any atom is 0.224 e. The van der Waals surface area contributed by atoms with Gasteiger partial charge < -0.3 is 15.0 Å². The van der Waals surface area contributed by atoms with E-state index in [2.05, 4.69) is 26.3 Å². The van der Waals surface area contributed by atoms with E-state index in [1.807, 2.05) is 0 Å². The molecule has 0 unspecified atom stereocenters. The zero-order chi connectivity index (χ0) is 12.4. The second-order valence-electron chi connectivity index (χ2n) is 4.30. The van der Waals surface area contributed by atoms with Gasteiger partial charge in [0, 0.05) is 31.6 Å². The van der Waals surface area contributed by atoms with E-state index < -0.39 is 0 Å². The molecule has 1 aliphatic heterocycles. The first-order valence-electron chi connectivity index (χ1n) is 5.95. The Kier molecular flexibility index (Phi) is 2.82. The number of rotatable bonds is 2. The van der Waals surface area contributed by atoms with E-state index in [4.69, 9.17) is 10.00 Å². The molecule has 1 aliphatic rings. The Morgan fingerprint density at radius 3 is 3.06 bits per heavy atom. The first-order chi connectivity index (χ1) is 8.86. The summed E-state index contributed by atoms with van der Waals surface area (Å²) in [5.74, 6) is 0.598. The van der Waals surface area contributed by atoms with Gasteiger partial charge in [-0.05, 0) is 12.8 Å². The zero-order valence-corrected chi connectivity index (χ0v) is 9.81. The molecule has 0 amide bonds. The second-order valence-corrected chi connectivity index (χ2v) is 4.30. The van der Waals surface area contributed by atoms with Gasteiger partial charge in [0.1, 0.15) is 11.7 Å². The highest BCUT2D eigenvalue weighted by atomic mass is 16.5. The van der Waals surface area contributed by atoms with Gasteiger partial charge in [0.15, 0.2) is 0 Å². The van der Waals surface area contributed by atoms with Crippen LogP contribution in [0, 0.1) is 11.3 Å². The first-order valence-corrected chi connectivity index (χ1v) is 5.95. The van der Waals surface area contributed by atoms with E-state index >= 15 is 0 Å². The highest BCUT2D eigenvalue weighted by Crippen LogP contribution is 2.17. The topological polar surface area (TPSA) is 86.6 Å². The third kappa shape index (κ3) is 2.00. The summed E-state index contributed by atoms with van der Waals surface area (Å²) in [6.07, 6.45) is 5.27. The van der Waals surface area contributed by atoms with Gasteiger partial charge >= 0.3 is 0 Å². The van der Waals surface area contributed by atoms with Gasteiger partial charge in [0.25, 0.3) is 0 Å². The Morgan fingerprint density at radius 2 is 2.28 bits per heavy atom. The van der Waals surface area contributed by atoms with Crippen LogP contribution >= 0.6 is 0 Å². The summed E-state index contributed by atoms with van der Waals surface area (Å²) in [5.41, 5.74) is 1.26. The fourth-order valence-electron chi connectivity index (χ4n) is 2.09. The molecular formula is C12H13N5O. The lowest BCUT2D eigenvalue weighted by Crippen LogP contribution is -2.28. The summed E-state index contributed by atoms with van der Waals surface area (Å²) in [7, 11) is 0. The van der Waals surface area contributed by atoms with Crippen molar-refractivity contribution in [2.45, 2.75) is 18.9 Å². The van der Waals surface area contributed by atoms with Crippen LogP contribution in [0.4, 0.5) is 5.95 Å². The van der Waals surface area contributed by atoms with Crippen LogP contribution in [0.25, 0.3) is 11.0 Å². The number of hydrogen-bond acceptors (Lipinski definition) is 5. The Labute approximate surface area is 104 Å². The van der Waals surface area contributed by atoms with Gasteiger partial charge in [-0.1, -0.05) is 0 Å². The normalized spacial score (nSPS) is 16.6. The largest absolute Gasteiger partial charge is 0.381 e. The number of aromatic amines is 1. The molecule has 0 bridgehead atoms. The van der Waals surface area contributed by atoms with Crippen LogP contribution in [0.1, 0.15) is 18.4 Å². The standard InChI is InChI=1S/C12H13N5O/c13-5-8-6-14-11-10(8)7-15-12(17-11)16-9-1-3-18-4-2-9/h6-7,9H,1-4H2,(H2,14,15,16,17). The minimum absolute atomic E-state index is 0.363.